The summed E-state index contributed by atoms with van der Waals surface area (Å²) < 4.78 is 0. The molecule has 2 aromatic rings. The van der Waals surface area contributed by atoms with Crippen LogP contribution in [0.5, 0.6) is 0 Å². The minimum absolute atomic E-state index is 0.0647. The molecule has 0 saturated carbocycles. The van der Waals surface area contributed by atoms with Crippen LogP contribution < -0.4 is 10.3 Å². The third-order valence-electron chi connectivity index (χ3n) is 3.41. The van der Waals surface area contributed by atoms with Gasteiger partial charge in [-0.3, -0.25) is 9.80 Å². The van der Waals surface area contributed by atoms with E-state index in [2.05, 4.69) is 22.6 Å². The van der Waals surface area contributed by atoms with Crippen LogP contribution >= 0.6 is 11.6 Å². The molecule has 1 unspecified atom stereocenters. The fourth-order valence-corrected chi connectivity index (χ4v) is 2.56. The van der Waals surface area contributed by atoms with E-state index in [1.807, 2.05) is 47.5 Å². The summed E-state index contributed by atoms with van der Waals surface area (Å²) in [5, 5.41) is 9.76. The van der Waals surface area contributed by atoms with Gasteiger partial charge in [0.15, 0.2) is 0 Å². The summed E-state index contributed by atoms with van der Waals surface area (Å²) >= 11 is 5.94. The van der Waals surface area contributed by atoms with Gasteiger partial charge in [-0.15, -0.1) is 0 Å². The van der Waals surface area contributed by atoms with Crippen LogP contribution in [0.1, 0.15) is 18.0 Å². The Bertz CT molecular complexity index is 655. The van der Waals surface area contributed by atoms with Gasteiger partial charge in [-0.05, 0) is 29.8 Å². The van der Waals surface area contributed by atoms with Crippen LogP contribution in [0.4, 0.5) is 5.69 Å². The molecular formula is C16H14ClN3O. The topological polar surface area (TPSA) is 44.7 Å². The Morgan fingerprint density at radius 3 is 2.52 bits per heavy atom. The molecule has 1 heterocycles. The van der Waals surface area contributed by atoms with Crippen LogP contribution in [0.15, 0.2) is 59.7 Å². The highest BCUT2D eigenvalue weighted by atomic mass is 35.5. The fourth-order valence-electron chi connectivity index (χ4n) is 2.43. The van der Waals surface area contributed by atoms with Crippen molar-refractivity contribution in [3.63, 3.8) is 0 Å². The van der Waals surface area contributed by atoms with Gasteiger partial charge < -0.3 is 5.32 Å². The second kappa shape index (κ2) is 5.97. The predicted octanol–water partition coefficient (Wildman–Crippen LogP) is 3.35. The van der Waals surface area contributed by atoms with E-state index in [1.165, 1.54) is 0 Å². The number of rotatable bonds is 3. The number of hydrazone groups is 1. The number of nitrogens with one attached hydrogen (secondary N) is 1. The van der Waals surface area contributed by atoms with Crippen LogP contribution in [0, 0.1) is 0 Å². The maximum absolute atomic E-state index is 10.7. The van der Waals surface area contributed by atoms with E-state index < -0.39 is 0 Å². The van der Waals surface area contributed by atoms with Gasteiger partial charge in [-0.25, -0.2) is 0 Å². The van der Waals surface area contributed by atoms with E-state index in [-0.39, 0.29) is 6.04 Å². The first-order valence-electron chi connectivity index (χ1n) is 6.65. The lowest BCUT2D eigenvalue weighted by molar-refractivity contribution is -0.108. The Morgan fingerprint density at radius 1 is 1.14 bits per heavy atom. The maximum Gasteiger partial charge on any atom is 0.212 e. The van der Waals surface area contributed by atoms with E-state index in [1.54, 1.807) is 0 Å². The Balaban J connectivity index is 1.95. The van der Waals surface area contributed by atoms with Crippen molar-refractivity contribution in [2.24, 2.45) is 5.10 Å². The molecule has 2 aromatic carbocycles. The molecule has 0 saturated heterocycles. The highest BCUT2D eigenvalue weighted by molar-refractivity contribution is 6.30. The standard InChI is InChI=1S/C16H14ClN3O/c17-13-6-8-14(9-7-13)20-15(10-16(19-20)18-11-21)12-4-2-1-3-5-12/h1-9,11,15H,10H2,(H,18,19,21). The van der Waals surface area contributed by atoms with Gasteiger partial charge in [0.25, 0.3) is 0 Å². The molecule has 1 atom stereocenters. The van der Waals surface area contributed by atoms with E-state index in [4.69, 9.17) is 11.6 Å². The third-order valence-corrected chi connectivity index (χ3v) is 3.66. The summed E-state index contributed by atoms with van der Waals surface area (Å²) in [6, 6.07) is 17.7. The number of halogens is 1. The lowest BCUT2D eigenvalue weighted by Crippen LogP contribution is -2.20. The molecule has 1 aliphatic rings. The quantitative estimate of drug-likeness (QED) is 0.883. The number of amides is 1. The maximum atomic E-state index is 10.7. The molecule has 4 nitrogen and oxygen atoms in total. The van der Waals surface area contributed by atoms with Crippen LogP contribution in [-0.4, -0.2) is 12.2 Å². The first-order chi connectivity index (χ1) is 10.3. The fraction of sp³-hybridized carbons (Fsp3) is 0.125. The number of hydrogen-bond acceptors (Lipinski definition) is 3. The molecule has 1 amide bonds. The molecule has 1 aliphatic heterocycles. The number of anilines is 1. The number of carbonyl (C=O) groups is 1. The zero-order chi connectivity index (χ0) is 14.7. The molecule has 0 fully saturated rings. The summed E-state index contributed by atoms with van der Waals surface area (Å²) in [7, 11) is 0. The molecule has 0 radical (unpaired) electrons. The van der Waals surface area contributed by atoms with Gasteiger partial charge in [0.05, 0.1) is 11.7 Å². The molecule has 0 spiro atoms. The average Bonchev–Trinajstić information content (AvgIpc) is 2.93. The van der Waals surface area contributed by atoms with Crippen molar-refractivity contribution in [2.45, 2.75) is 12.5 Å². The van der Waals surface area contributed by atoms with Crippen molar-refractivity contribution in [2.75, 3.05) is 5.01 Å². The molecule has 0 aliphatic carbocycles. The highest BCUT2D eigenvalue weighted by Crippen LogP contribution is 2.34. The summed E-state index contributed by atoms with van der Waals surface area (Å²) in [5.41, 5.74) is 2.09. The van der Waals surface area contributed by atoms with Crippen molar-refractivity contribution in [1.82, 2.24) is 5.32 Å². The molecule has 0 bridgehead atoms. The number of amidine groups is 1. The lowest BCUT2D eigenvalue weighted by Gasteiger charge is -2.23. The van der Waals surface area contributed by atoms with Crippen LogP contribution in [0.3, 0.4) is 0 Å². The van der Waals surface area contributed by atoms with Gasteiger partial charge in [0, 0.05) is 11.4 Å². The van der Waals surface area contributed by atoms with Crippen LogP contribution in [0.2, 0.25) is 5.02 Å². The van der Waals surface area contributed by atoms with Gasteiger partial charge in [-0.2, -0.15) is 5.10 Å². The summed E-state index contributed by atoms with van der Waals surface area (Å²) in [6.07, 6.45) is 1.32. The molecule has 3 rings (SSSR count). The molecule has 21 heavy (non-hydrogen) atoms. The van der Waals surface area contributed by atoms with Crippen molar-refractivity contribution < 1.29 is 4.79 Å². The van der Waals surface area contributed by atoms with E-state index in [0.29, 0.717) is 23.7 Å². The number of benzene rings is 2. The largest absolute Gasteiger partial charge is 0.315 e. The normalized spacial score (nSPS) is 17.5. The Labute approximate surface area is 128 Å². The SMILES string of the molecule is O=CNC1=NN(c2ccc(Cl)cc2)C(c2ccccc2)C1. The number of nitrogens with zero attached hydrogens (tertiary/aromatic N) is 2. The minimum Gasteiger partial charge on any atom is -0.315 e. The highest BCUT2D eigenvalue weighted by Gasteiger charge is 2.28. The second-order valence-electron chi connectivity index (χ2n) is 4.76. The van der Waals surface area contributed by atoms with E-state index in [0.717, 1.165) is 11.3 Å². The first kappa shape index (κ1) is 13.6. The smallest absolute Gasteiger partial charge is 0.212 e. The summed E-state index contributed by atoms with van der Waals surface area (Å²) in [5.74, 6) is 0.661. The summed E-state index contributed by atoms with van der Waals surface area (Å²) in [6.45, 7) is 0. The number of carbonyl (C=O) groups excluding carboxylic acids is 1. The lowest BCUT2D eigenvalue weighted by atomic mass is 10.0. The predicted molar refractivity (Wildman–Crippen MR) is 84.4 cm³/mol. The third kappa shape index (κ3) is 2.90. The Hall–Kier alpha value is -2.33. The van der Waals surface area contributed by atoms with Gasteiger partial charge in [0.1, 0.15) is 5.84 Å². The van der Waals surface area contributed by atoms with Crippen molar-refractivity contribution in [1.29, 1.82) is 0 Å². The van der Waals surface area contributed by atoms with Gasteiger partial charge in [-0.1, -0.05) is 41.9 Å². The van der Waals surface area contributed by atoms with Crippen molar-refractivity contribution in [3.05, 3.63) is 65.2 Å². The zero-order valence-corrected chi connectivity index (χ0v) is 12.0. The van der Waals surface area contributed by atoms with Crippen LogP contribution in [0.25, 0.3) is 0 Å². The monoisotopic (exact) mass is 299 g/mol. The molecule has 1 N–H and O–H groups in total. The van der Waals surface area contributed by atoms with Crippen molar-refractivity contribution >= 4 is 29.5 Å². The zero-order valence-electron chi connectivity index (χ0n) is 11.2. The first-order valence-corrected chi connectivity index (χ1v) is 7.03. The number of hydrogen-bond donors (Lipinski definition) is 1. The van der Waals surface area contributed by atoms with Gasteiger partial charge >= 0.3 is 0 Å². The molecular weight excluding hydrogens is 286 g/mol. The molecule has 0 aromatic heterocycles. The van der Waals surface area contributed by atoms with E-state index in [9.17, 15) is 4.79 Å². The van der Waals surface area contributed by atoms with Gasteiger partial charge in [0.2, 0.25) is 6.41 Å². The van der Waals surface area contributed by atoms with E-state index >= 15 is 0 Å². The molecule has 106 valence electrons. The average molecular weight is 300 g/mol. The Morgan fingerprint density at radius 2 is 1.86 bits per heavy atom. The minimum atomic E-state index is 0.0647. The summed E-state index contributed by atoms with van der Waals surface area (Å²) in [4.78, 5) is 10.7. The Kier molecular flexibility index (Phi) is 3.88. The molecule has 5 heteroatoms. The van der Waals surface area contributed by atoms with Crippen molar-refractivity contribution in [3.8, 4) is 0 Å². The second-order valence-corrected chi connectivity index (χ2v) is 5.20. The van der Waals surface area contributed by atoms with Crippen LogP contribution in [-0.2, 0) is 4.79 Å².